The third-order valence-electron chi connectivity index (χ3n) is 3.80. The molecule has 2 N–H and O–H groups in total. The third-order valence-corrected chi connectivity index (χ3v) is 4.29. The lowest BCUT2D eigenvalue weighted by Crippen LogP contribution is -2.45. The minimum atomic E-state index is -0.826. The maximum absolute atomic E-state index is 12.2. The number of nitrogens with zero attached hydrogens (tertiary/aromatic N) is 1. The van der Waals surface area contributed by atoms with Gasteiger partial charge in [-0.15, -0.1) is 0 Å². The molecular weight excluding hydrogens is 336 g/mol. The van der Waals surface area contributed by atoms with Crippen LogP contribution in [0, 0.1) is 5.92 Å². The minimum absolute atomic E-state index is 0.229. The average Bonchev–Trinajstić information content (AvgIpc) is 2.87. The molecule has 2 amide bonds. The average molecular weight is 355 g/mol. The van der Waals surface area contributed by atoms with Gasteiger partial charge in [0, 0.05) is 24.1 Å². The van der Waals surface area contributed by atoms with E-state index in [4.69, 9.17) is 5.11 Å². The van der Waals surface area contributed by atoms with Crippen LogP contribution in [0.5, 0.6) is 0 Å². The number of rotatable bonds is 4. The lowest BCUT2D eigenvalue weighted by Gasteiger charge is -2.23. The van der Waals surface area contributed by atoms with Gasteiger partial charge in [-0.3, -0.25) is 4.79 Å². The first-order valence-corrected chi connectivity index (χ1v) is 7.75. The highest BCUT2D eigenvalue weighted by molar-refractivity contribution is 9.10. The number of nitrogens with one attached hydrogen (secondary N) is 1. The van der Waals surface area contributed by atoms with Crippen molar-refractivity contribution in [2.45, 2.75) is 31.8 Å². The molecule has 5 nitrogen and oxygen atoms in total. The van der Waals surface area contributed by atoms with Gasteiger partial charge < -0.3 is 15.3 Å². The molecule has 1 aromatic carbocycles. The van der Waals surface area contributed by atoms with Crippen molar-refractivity contribution in [2.75, 3.05) is 7.05 Å². The number of hydrogen-bond donors (Lipinski definition) is 2. The monoisotopic (exact) mass is 354 g/mol. The second-order valence-electron chi connectivity index (χ2n) is 5.42. The first kappa shape index (κ1) is 15.8. The second kappa shape index (κ2) is 6.93. The Kier molecular flexibility index (Phi) is 5.22. The van der Waals surface area contributed by atoms with Crippen LogP contribution in [0.15, 0.2) is 28.7 Å². The molecule has 0 spiro atoms. The molecule has 1 aliphatic carbocycles. The Morgan fingerprint density at radius 1 is 1.43 bits per heavy atom. The van der Waals surface area contributed by atoms with Gasteiger partial charge in [-0.05, 0) is 30.5 Å². The van der Waals surface area contributed by atoms with E-state index in [0.717, 1.165) is 22.9 Å². The Hall–Kier alpha value is -1.56. The van der Waals surface area contributed by atoms with E-state index in [9.17, 15) is 9.59 Å². The van der Waals surface area contributed by atoms with E-state index in [1.54, 1.807) is 11.9 Å². The molecule has 0 bridgehead atoms. The zero-order valence-electron chi connectivity index (χ0n) is 11.9. The lowest BCUT2D eigenvalue weighted by atomic mass is 10.0. The second-order valence-corrected chi connectivity index (χ2v) is 6.33. The van der Waals surface area contributed by atoms with E-state index >= 15 is 0 Å². The summed E-state index contributed by atoms with van der Waals surface area (Å²) in [4.78, 5) is 24.9. The molecular formula is C15H19BrN2O3. The van der Waals surface area contributed by atoms with Gasteiger partial charge in [0.2, 0.25) is 0 Å². The maximum atomic E-state index is 12.2. The van der Waals surface area contributed by atoms with E-state index < -0.39 is 11.9 Å². The fourth-order valence-electron chi connectivity index (χ4n) is 2.68. The van der Waals surface area contributed by atoms with Crippen LogP contribution in [0.25, 0.3) is 0 Å². The molecule has 1 fully saturated rings. The van der Waals surface area contributed by atoms with Crippen molar-refractivity contribution in [2.24, 2.45) is 5.92 Å². The summed E-state index contributed by atoms with van der Waals surface area (Å²) in [5.74, 6) is -1.29. The predicted molar refractivity (Wildman–Crippen MR) is 82.9 cm³/mol. The zero-order valence-corrected chi connectivity index (χ0v) is 13.5. The zero-order chi connectivity index (χ0) is 15.4. The standard InChI is InChI=1S/C15H19BrN2O3/c1-18(9-10-4-2-5-11(16)8-10)15(21)17-13-7-3-6-12(13)14(19)20/h2,4-5,8,12-13H,3,6-7,9H2,1H3,(H,17,21)(H,19,20). The van der Waals surface area contributed by atoms with Gasteiger partial charge in [-0.25, -0.2) is 4.79 Å². The summed E-state index contributed by atoms with van der Waals surface area (Å²) in [5.41, 5.74) is 1.02. The van der Waals surface area contributed by atoms with E-state index in [-0.39, 0.29) is 12.1 Å². The van der Waals surface area contributed by atoms with Gasteiger partial charge in [0.05, 0.1) is 5.92 Å². The molecule has 1 aromatic rings. The van der Waals surface area contributed by atoms with Crippen molar-refractivity contribution in [1.82, 2.24) is 10.2 Å². The molecule has 0 aromatic heterocycles. The smallest absolute Gasteiger partial charge is 0.317 e. The minimum Gasteiger partial charge on any atom is -0.481 e. The van der Waals surface area contributed by atoms with Crippen LogP contribution in [0.2, 0.25) is 0 Å². The van der Waals surface area contributed by atoms with Crippen molar-refractivity contribution in [3.63, 3.8) is 0 Å². The Bertz CT molecular complexity index is 535. The molecule has 21 heavy (non-hydrogen) atoms. The van der Waals surface area contributed by atoms with Crippen LogP contribution in [0.1, 0.15) is 24.8 Å². The Morgan fingerprint density at radius 3 is 2.86 bits per heavy atom. The number of carboxylic acid groups (broad SMARTS) is 1. The fraction of sp³-hybridized carbons (Fsp3) is 0.467. The van der Waals surface area contributed by atoms with E-state index in [1.165, 1.54) is 0 Å². The summed E-state index contributed by atoms with van der Waals surface area (Å²) in [5, 5.41) is 12.0. The number of carboxylic acids is 1. The van der Waals surface area contributed by atoms with Crippen LogP contribution < -0.4 is 5.32 Å². The first-order chi connectivity index (χ1) is 9.97. The van der Waals surface area contributed by atoms with Crippen molar-refractivity contribution >= 4 is 27.9 Å². The molecule has 6 heteroatoms. The van der Waals surface area contributed by atoms with Crippen LogP contribution in [0.3, 0.4) is 0 Å². The van der Waals surface area contributed by atoms with E-state index in [0.29, 0.717) is 13.0 Å². The molecule has 0 aliphatic heterocycles. The molecule has 2 atom stereocenters. The number of halogens is 1. The number of aliphatic carboxylic acids is 1. The molecule has 114 valence electrons. The van der Waals surface area contributed by atoms with Crippen molar-refractivity contribution in [3.05, 3.63) is 34.3 Å². The lowest BCUT2D eigenvalue weighted by molar-refractivity contribution is -0.142. The van der Waals surface area contributed by atoms with Gasteiger partial charge in [-0.2, -0.15) is 0 Å². The van der Waals surface area contributed by atoms with Crippen LogP contribution in [0.4, 0.5) is 4.79 Å². The third kappa shape index (κ3) is 4.20. The first-order valence-electron chi connectivity index (χ1n) is 6.96. The van der Waals surface area contributed by atoms with Gasteiger partial charge in [0.1, 0.15) is 0 Å². The van der Waals surface area contributed by atoms with Gasteiger partial charge in [0.15, 0.2) is 0 Å². The Labute approximate surface area is 132 Å². The quantitative estimate of drug-likeness (QED) is 0.873. The van der Waals surface area contributed by atoms with Crippen molar-refractivity contribution in [3.8, 4) is 0 Å². The summed E-state index contributed by atoms with van der Waals surface area (Å²) in [6, 6.07) is 7.26. The number of carbonyl (C=O) groups excluding carboxylic acids is 1. The number of carbonyl (C=O) groups is 2. The summed E-state index contributed by atoms with van der Waals surface area (Å²) < 4.78 is 0.968. The predicted octanol–water partition coefficient (Wildman–Crippen LogP) is 2.84. The molecule has 2 rings (SSSR count). The number of urea groups is 1. The van der Waals surface area contributed by atoms with Crippen LogP contribution in [-0.2, 0) is 11.3 Å². The van der Waals surface area contributed by atoms with Gasteiger partial charge in [-0.1, -0.05) is 34.5 Å². The van der Waals surface area contributed by atoms with E-state index in [1.807, 2.05) is 24.3 Å². The molecule has 1 saturated carbocycles. The number of amides is 2. The van der Waals surface area contributed by atoms with Crippen molar-refractivity contribution < 1.29 is 14.7 Å². The number of benzene rings is 1. The molecule has 2 unspecified atom stereocenters. The maximum Gasteiger partial charge on any atom is 0.317 e. The summed E-state index contributed by atoms with van der Waals surface area (Å²) in [7, 11) is 1.71. The highest BCUT2D eigenvalue weighted by atomic mass is 79.9. The van der Waals surface area contributed by atoms with Crippen LogP contribution in [-0.4, -0.2) is 35.1 Å². The van der Waals surface area contributed by atoms with Gasteiger partial charge in [0.25, 0.3) is 0 Å². The largest absolute Gasteiger partial charge is 0.481 e. The van der Waals surface area contributed by atoms with Crippen molar-refractivity contribution in [1.29, 1.82) is 0 Å². The fourth-order valence-corrected chi connectivity index (χ4v) is 3.12. The molecule has 1 aliphatic rings. The summed E-state index contributed by atoms with van der Waals surface area (Å²) in [6.07, 6.45) is 2.21. The van der Waals surface area contributed by atoms with Crippen LogP contribution >= 0.6 is 15.9 Å². The molecule has 0 saturated heterocycles. The Balaban J connectivity index is 1.92. The normalized spacial score (nSPS) is 21.0. The molecule has 0 radical (unpaired) electrons. The highest BCUT2D eigenvalue weighted by Gasteiger charge is 2.34. The SMILES string of the molecule is CN(Cc1cccc(Br)c1)C(=O)NC1CCCC1C(=O)O. The summed E-state index contributed by atoms with van der Waals surface area (Å²) >= 11 is 3.40. The number of hydrogen-bond acceptors (Lipinski definition) is 2. The van der Waals surface area contributed by atoms with E-state index in [2.05, 4.69) is 21.2 Å². The topological polar surface area (TPSA) is 69.6 Å². The summed E-state index contributed by atoms with van der Waals surface area (Å²) in [6.45, 7) is 0.482. The van der Waals surface area contributed by atoms with Gasteiger partial charge >= 0.3 is 12.0 Å². The Morgan fingerprint density at radius 2 is 2.19 bits per heavy atom. The molecule has 0 heterocycles. The highest BCUT2D eigenvalue weighted by Crippen LogP contribution is 2.26.